The summed E-state index contributed by atoms with van der Waals surface area (Å²) in [6.45, 7) is 8.79. The van der Waals surface area contributed by atoms with E-state index in [9.17, 15) is 19.2 Å². The van der Waals surface area contributed by atoms with Crippen LogP contribution in [0.5, 0.6) is 0 Å². The van der Waals surface area contributed by atoms with Crippen LogP contribution in [0.15, 0.2) is 16.8 Å². The number of carbonyl (C=O) groups excluding carboxylic acids is 4. The third-order valence-electron chi connectivity index (χ3n) is 5.67. The predicted octanol–water partition coefficient (Wildman–Crippen LogP) is 2.50. The van der Waals surface area contributed by atoms with Gasteiger partial charge in [0, 0.05) is 29.3 Å². The molecule has 0 saturated heterocycles. The van der Waals surface area contributed by atoms with Crippen LogP contribution in [0.3, 0.4) is 0 Å². The lowest BCUT2D eigenvalue weighted by Crippen LogP contribution is -2.59. The Morgan fingerprint density at radius 3 is 2.41 bits per heavy atom. The summed E-state index contributed by atoms with van der Waals surface area (Å²) in [7, 11) is 0. The molecule has 32 heavy (non-hydrogen) atoms. The van der Waals surface area contributed by atoms with Crippen LogP contribution in [-0.2, 0) is 23.8 Å². The first kappa shape index (κ1) is 24.0. The summed E-state index contributed by atoms with van der Waals surface area (Å²) in [5, 5.41) is 9.14. The van der Waals surface area contributed by atoms with Gasteiger partial charge in [-0.05, 0) is 52.0 Å². The Bertz CT molecular complexity index is 879. The molecule has 1 aromatic rings. The number of carbonyl (C=O) groups is 4. The SMILES string of the molecule is CCOC(=O)C1C2C(NC(=O)c3ccsc3)CC(NC(=O)OC(C)(C)C)(C(=O)OCC)C12. The number of nitrogens with one attached hydrogen (secondary N) is 2. The molecule has 5 atom stereocenters. The van der Waals surface area contributed by atoms with Crippen molar-refractivity contribution >= 4 is 35.3 Å². The molecule has 0 radical (unpaired) electrons. The summed E-state index contributed by atoms with van der Waals surface area (Å²) >= 11 is 1.39. The number of esters is 2. The lowest BCUT2D eigenvalue weighted by molar-refractivity contribution is -0.153. The number of hydrogen-bond donors (Lipinski definition) is 2. The van der Waals surface area contributed by atoms with Crippen molar-refractivity contribution in [3.05, 3.63) is 22.4 Å². The van der Waals surface area contributed by atoms with Crippen molar-refractivity contribution in [3.8, 4) is 0 Å². The minimum Gasteiger partial charge on any atom is -0.466 e. The van der Waals surface area contributed by atoms with E-state index in [2.05, 4.69) is 10.6 Å². The maximum atomic E-state index is 13.1. The molecular weight excluding hydrogens is 436 g/mol. The number of amides is 2. The second-order valence-corrected chi connectivity index (χ2v) is 9.78. The molecule has 1 aromatic heterocycles. The monoisotopic (exact) mass is 466 g/mol. The molecule has 2 fully saturated rings. The van der Waals surface area contributed by atoms with Gasteiger partial charge in [0.05, 0.1) is 19.1 Å². The molecule has 9 nitrogen and oxygen atoms in total. The zero-order valence-electron chi connectivity index (χ0n) is 18.9. The van der Waals surface area contributed by atoms with E-state index in [0.717, 1.165) is 0 Å². The van der Waals surface area contributed by atoms with Crippen LogP contribution in [0.2, 0.25) is 0 Å². The standard InChI is InChI=1S/C22H30N2O7S/c1-6-29-18(26)15-14-13(23-17(25)12-8-9-32-11-12)10-22(16(14)15,19(27)30-7-2)24-20(28)31-21(3,4)5/h8-9,11,13-16H,6-7,10H2,1-5H3,(H,23,25)(H,24,28). The van der Waals surface area contributed by atoms with E-state index in [0.29, 0.717) is 5.56 Å². The summed E-state index contributed by atoms with van der Waals surface area (Å²) in [4.78, 5) is 51.1. The molecular formula is C22H30N2O7S. The Morgan fingerprint density at radius 1 is 1.16 bits per heavy atom. The van der Waals surface area contributed by atoms with Crippen molar-refractivity contribution in [2.24, 2.45) is 17.8 Å². The lowest BCUT2D eigenvalue weighted by atomic mass is 9.88. The summed E-state index contributed by atoms with van der Waals surface area (Å²) in [5.74, 6) is -2.99. The van der Waals surface area contributed by atoms with Gasteiger partial charge in [0.25, 0.3) is 5.91 Å². The van der Waals surface area contributed by atoms with Gasteiger partial charge < -0.3 is 24.8 Å². The van der Waals surface area contributed by atoms with E-state index in [1.807, 2.05) is 0 Å². The normalized spacial score (nSPS) is 28.3. The zero-order chi connectivity index (χ0) is 23.7. The molecule has 176 valence electrons. The van der Waals surface area contributed by atoms with Crippen molar-refractivity contribution in [1.82, 2.24) is 10.6 Å². The van der Waals surface area contributed by atoms with E-state index < -0.39 is 47.0 Å². The first-order valence-corrected chi connectivity index (χ1v) is 11.7. The fourth-order valence-electron chi connectivity index (χ4n) is 4.57. The van der Waals surface area contributed by atoms with Crippen molar-refractivity contribution in [3.63, 3.8) is 0 Å². The highest BCUT2D eigenvalue weighted by atomic mass is 32.1. The van der Waals surface area contributed by atoms with Crippen LogP contribution >= 0.6 is 11.3 Å². The molecule has 2 aliphatic carbocycles. The van der Waals surface area contributed by atoms with Crippen LogP contribution in [0.25, 0.3) is 0 Å². The van der Waals surface area contributed by atoms with Gasteiger partial charge in [-0.3, -0.25) is 9.59 Å². The Morgan fingerprint density at radius 2 is 1.84 bits per heavy atom. The molecule has 10 heteroatoms. The summed E-state index contributed by atoms with van der Waals surface area (Å²) < 4.78 is 15.9. The number of alkyl carbamates (subject to hydrolysis) is 1. The second kappa shape index (κ2) is 9.09. The molecule has 3 rings (SSSR count). The largest absolute Gasteiger partial charge is 0.466 e. The van der Waals surface area contributed by atoms with Crippen molar-refractivity contribution in [2.75, 3.05) is 13.2 Å². The average Bonchev–Trinajstić information content (AvgIpc) is 3.03. The van der Waals surface area contributed by atoms with Crippen LogP contribution < -0.4 is 10.6 Å². The van der Waals surface area contributed by atoms with E-state index >= 15 is 0 Å². The van der Waals surface area contributed by atoms with Gasteiger partial charge in [0.1, 0.15) is 11.1 Å². The third kappa shape index (κ3) is 4.74. The first-order chi connectivity index (χ1) is 15.0. The van der Waals surface area contributed by atoms with Crippen LogP contribution in [0, 0.1) is 17.8 Å². The summed E-state index contributed by atoms with van der Waals surface area (Å²) in [5.41, 5.74) is -1.80. The Labute approximate surface area is 191 Å². The van der Waals surface area contributed by atoms with Gasteiger partial charge in [-0.2, -0.15) is 11.3 Å². The highest BCUT2D eigenvalue weighted by molar-refractivity contribution is 7.08. The van der Waals surface area contributed by atoms with E-state index in [1.54, 1.807) is 51.4 Å². The molecule has 2 saturated carbocycles. The second-order valence-electron chi connectivity index (χ2n) is 9.00. The van der Waals surface area contributed by atoms with Gasteiger partial charge in [0.15, 0.2) is 0 Å². The van der Waals surface area contributed by atoms with Crippen molar-refractivity contribution < 1.29 is 33.4 Å². The van der Waals surface area contributed by atoms with Crippen molar-refractivity contribution in [2.45, 2.75) is 58.2 Å². The van der Waals surface area contributed by atoms with Crippen molar-refractivity contribution in [1.29, 1.82) is 0 Å². The Balaban J connectivity index is 1.91. The van der Waals surface area contributed by atoms with E-state index in [-0.39, 0.29) is 31.5 Å². The number of fused-ring (bicyclic) bond motifs is 1. The van der Waals surface area contributed by atoms with E-state index in [1.165, 1.54) is 11.3 Å². The number of ether oxygens (including phenoxy) is 3. The zero-order valence-corrected chi connectivity index (χ0v) is 19.7. The maximum absolute atomic E-state index is 13.1. The first-order valence-electron chi connectivity index (χ1n) is 10.7. The predicted molar refractivity (Wildman–Crippen MR) is 116 cm³/mol. The van der Waals surface area contributed by atoms with Gasteiger partial charge >= 0.3 is 18.0 Å². The Kier molecular flexibility index (Phi) is 6.83. The molecule has 0 spiro atoms. The highest BCUT2D eigenvalue weighted by Crippen LogP contribution is 2.63. The molecule has 2 amide bonds. The third-order valence-corrected chi connectivity index (χ3v) is 6.36. The fraction of sp³-hybridized carbons (Fsp3) is 0.636. The maximum Gasteiger partial charge on any atom is 0.408 e. The average molecular weight is 467 g/mol. The fourth-order valence-corrected chi connectivity index (χ4v) is 5.21. The number of thiophene rings is 1. The van der Waals surface area contributed by atoms with Gasteiger partial charge in [-0.25, -0.2) is 9.59 Å². The molecule has 2 N–H and O–H groups in total. The molecule has 2 aliphatic rings. The van der Waals surface area contributed by atoms with Gasteiger partial charge in [-0.1, -0.05) is 0 Å². The summed E-state index contributed by atoms with van der Waals surface area (Å²) in [6.07, 6.45) is -0.699. The topological polar surface area (TPSA) is 120 Å². The molecule has 0 aromatic carbocycles. The number of hydrogen-bond acceptors (Lipinski definition) is 8. The molecule has 5 unspecified atom stereocenters. The highest BCUT2D eigenvalue weighted by Gasteiger charge is 2.76. The molecule has 0 bridgehead atoms. The summed E-state index contributed by atoms with van der Waals surface area (Å²) in [6, 6.07) is 1.17. The van der Waals surface area contributed by atoms with Crippen LogP contribution in [0.1, 0.15) is 51.4 Å². The minimum atomic E-state index is -1.51. The smallest absolute Gasteiger partial charge is 0.408 e. The van der Waals surface area contributed by atoms with E-state index in [4.69, 9.17) is 14.2 Å². The molecule has 0 aliphatic heterocycles. The van der Waals surface area contributed by atoms with Crippen LogP contribution in [0.4, 0.5) is 4.79 Å². The van der Waals surface area contributed by atoms with Crippen LogP contribution in [-0.4, -0.2) is 54.3 Å². The molecule has 1 heterocycles. The lowest BCUT2D eigenvalue weighted by Gasteiger charge is -2.33. The quantitative estimate of drug-likeness (QED) is 0.468. The van der Waals surface area contributed by atoms with Gasteiger partial charge in [0.2, 0.25) is 0 Å². The minimum absolute atomic E-state index is 0.0895. The Hall–Kier alpha value is -2.62. The number of rotatable bonds is 7. The van der Waals surface area contributed by atoms with Gasteiger partial charge in [-0.15, -0.1) is 0 Å².